The van der Waals surface area contributed by atoms with E-state index in [1.165, 1.54) is 0 Å². The topological polar surface area (TPSA) is 101 Å². The Hall–Kier alpha value is -1.68. The summed E-state index contributed by atoms with van der Waals surface area (Å²) < 4.78 is 38.1. The van der Waals surface area contributed by atoms with Gasteiger partial charge >= 0.3 is 0 Å². The van der Waals surface area contributed by atoms with E-state index in [1.807, 2.05) is 13.8 Å². The van der Waals surface area contributed by atoms with Gasteiger partial charge in [0.25, 0.3) is 0 Å². The van der Waals surface area contributed by atoms with E-state index in [9.17, 15) is 8.42 Å². The van der Waals surface area contributed by atoms with Crippen molar-refractivity contribution in [1.82, 2.24) is 15.4 Å². The van der Waals surface area contributed by atoms with Gasteiger partial charge in [-0.2, -0.15) is 0 Å². The highest BCUT2D eigenvalue weighted by Crippen LogP contribution is 2.09. The average molecular weight is 413 g/mol. The van der Waals surface area contributed by atoms with Gasteiger partial charge in [0.15, 0.2) is 5.96 Å². The maximum atomic E-state index is 12.3. The molecule has 28 heavy (non-hydrogen) atoms. The number of hydrogen-bond acceptors (Lipinski definition) is 5. The second-order valence-corrected chi connectivity index (χ2v) is 8.38. The molecule has 8 nitrogen and oxygen atoms in total. The van der Waals surface area contributed by atoms with E-state index in [-0.39, 0.29) is 17.5 Å². The van der Waals surface area contributed by atoms with E-state index in [0.29, 0.717) is 32.3 Å². The van der Waals surface area contributed by atoms with Gasteiger partial charge in [0.1, 0.15) is 0 Å². The summed E-state index contributed by atoms with van der Waals surface area (Å²) in [5, 5.41) is 6.29. The quantitative estimate of drug-likeness (QED) is 0.285. The maximum Gasteiger partial charge on any atom is 0.240 e. The van der Waals surface area contributed by atoms with Crippen LogP contribution in [0, 0.1) is 6.92 Å². The van der Waals surface area contributed by atoms with Crippen molar-refractivity contribution in [2.75, 3.05) is 46.0 Å². The normalized spacial score (nSPS) is 17.6. The van der Waals surface area contributed by atoms with Crippen LogP contribution in [0.2, 0.25) is 0 Å². The number of sulfonamides is 1. The summed E-state index contributed by atoms with van der Waals surface area (Å²) in [4.78, 5) is 4.76. The van der Waals surface area contributed by atoms with Crippen LogP contribution in [-0.2, 0) is 19.5 Å². The highest BCUT2D eigenvalue weighted by Gasteiger charge is 2.15. The lowest BCUT2D eigenvalue weighted by Crippen LogP contribution is -2.41. The number of ether oxygens (including phenoxy) is 2. The van der Waals surface area contributed by atoms with Crippen molar-refractivity contribution in [3.63, 3.8) is 0 Å². The van der Waals surface area contributed by atoms with Gasteiger partial charge in [0.2, 0.25) is 10.0 Å². The number of aliphatic imine (C=N–C) groups is 1. The molecular weight excluding hydrogens is 380 g/mol. The van der Waals surface area contributed by atoms with Gasteiger partial charge < -0.3 is 20.1 Å². The van der Waals surface area contributed by atoms with Crippen molar-refractivity contribution in [2.45, 2.75) is 37.7 Å². The first-order chi connectivity index (χ1) is 13.5. The molecule has 1 fully saturated rings. The molecule has 1 aliphatic heterocycles. The van der Waals surface area contributed by atoms with E-state index in [2.05, 4.69) is 20.3 Å². The van der Waals surface area contributed by atoms with Crippen LogP contribution in [0.5, 0.6) is 0 Å². The molecule has 0 aromatic heterocycles. The SMILES string of the molecule is CCNC(=NCCCOC1CCOC1)NCCNS(=O)(=O)c1ccc(C)cc1. The van der Waals surface area contributed by atoms with E-state index in [0.717, 1.165) is 31.6 Å². The Morgan fingerprint density at radius 3 is 2.71 bits per heavy atom. The van der Waals surface area contributed by atoms with E-state index in [1.54, 1.807) is 24.3 Å². The molecule has 0 spiro atoms. The van der Waals surface area contributed by atoms with Gasteiger partial charge in [-0.15, -0.1) is 0 Å². The van der Waals surface area contributed by atoms with Crippen molar-refractivity contribution in [1.29, 1.82) is 0 Å². The van der Waals surface area contributed by atoms with Crippen LogP contribution in [-0.4, -0.2) is 66.5 Å². The summed E-state index contributed by atoms with van der Waals surface area (Å²) in [5.74, 6) is 0.668. The van der Waals surface area contributed by atoms with Crippen molar-refractivity contribution >= 4 is 16.0 Å². The first-order valence-corrected chi connectivity index (χ1v) is 11.3. The van der Waals surface area contributed by atoms with Crippen LogP contribution in [0.3, 0.4) is 0 Å². The van der Waals surface area contributed by atoms with Gasteiger partial charge in [0.05, 0.1) is 17.6 Å². The van der Waals surface area contributed by atoms with Crippen LogP contribution in [0.4, 0.5) is 0 Å². The molecule has 1 aromatic carbocycles. The lowest BCUT2D eigenvalue weighted by Gasteiger charge is -2.12. The van der Waals surface area contributed by atoms with Crippen molar-refractivity contribution in [3.8, 4) is 0 Å². The highest BCUT2D eigenvalue weighted by molar-refractivity contribution is 7.89. The molecule has 0 saturated carbocycles. The fourth-order valence-electron chi connectivity index (χ4n) is 2.66. The van der Waals surface area contributed by atoms with E-state index in [4.69, 9.17) is 9.47 Å². The zero-order chi connectivity index (χ0) is 20.2. The van der Waals surface area contributed by atoms with Crippen molar-refractivity contribution < 1.29 is 17.9 Å². The molecule has 1 unspecified atom stereocenters. The Labute approximate surface area is 168 Å². The number of rotatable bonds is 11. The number of guanidine groups is 1. The zero-order valence-corrected chi connectivity index (χ0v) is 17.6. The second-order valence-electron chi connectivity index (χ2n) is 6.61. The lowest BCUT2D eigenvalue weighted by molar-refractivity contribution is 0.0424. The molecule has 1 atom stereocenters. The maximum absolute atomic E-state index is 12.3. The molecule has 0 aliphatic carbocycles. The highest BCUT2D eigenvalue weighted by atomic mass is 32.2. The standard InChI is InChI=1S/C19H32N4O4S/c1-3-20-19(21-10-4-13-27-17-9-14-26-15-17)22-11-12-23-28(24,25)18-7-5-16(2)6-8-18/h5-8,17,23H,3-4,9-15H2,1-2H3,(H2,20,21,22). The van der Waals surface area contributed by atoms with Crippen LogP contribution < -0.4 is 15.4 Å². The first kappa shape index (κ1) is 22.6. The molecule has 1 aromatic rings. The largest absolute Gasteiger partial charge is 0.379 e. The Balaban J connectivity index is 1.67. The fraction of sp³-hybridized carbons (Fsp3) is 0.632. The number of nitrogens with one attached hydrogen (secondary N) is 3. The minimum absolute atomic E-state index is 0.219. The third-order valence-electron chi connectivity index (χ3n) is 4.20. The fourth-order valence-corrected chi connectivity index (χ4v) is 3.69. The minimum atomic E-state index is -3.50. The van der Waals surface area contributed by atoms with Crippen LogP contribution >= 0.6 is 0 Å². The first-order valence-electron chi connectivity index (χ1n) is 9.79. The third-order valence-corrected chi connectivity index (χ3v) is 5.68. The average Bonchev–Trinajstić information content (AvgIpc) is 3.18. The third kappa shape index (κ3) is 8.14. The van der Waals surface area contributed by atoms with Gasteiger partial charge in [-0.3, -0.25) is 4.99 Å². The lowest BCUT2D eigenvalue weighted by atomic mass is 10.2. The monoisotopic (exact) mass is 412 g/mol. The molecule has 9 heteroatoms. The summed E-state index contributed by atoms with van der Waals surface area (Å²) in [7, 11) is -3.50. The minimum Gasteiger partial charge on any atom is -0.379 e. The molecule has 0 amide bonds. The smallest absolute Gasteiger partial charge is 0.240 e. The summed E-state index contributed by atoms with van der Waals surface area (Å²) in [5.41, 5.74) is 1.02. The molecule has 1 saturated heterocycles. The summed E-state index contributed by atoms with van der Waals surface area (Å²) in [6.45, 7) is 8.11. The van der Waals surface area contributed by atoms with Crippen molar-refractivity contribution in [2.24, 2.45) is 4.99 Å². The number of nitrogens with zero attached hydrogens (tertiary/aromatic N) is 1. The van der Waals surface area contributed by atoms with Gasteiger partial charge in [0, 0.05) is 39.4 Å². The van der Waals surface area contributed by atoms with Crippen LogP contribution in [0.15, 0.2) is 34.2 Å². The van der Waals surface area contributed by atoms with E-state index < -0.39 is 10.0 Å². The number of hydrogen-bond donors (Lipinski definition) is 3. The number of aryl methyl sites for hydroxylation is 1. The molecule has 0 radical (unpaired) electrons. The molecule has 1 aliphatic rings. The predicted octanol–water partition coefficient (Wildman–Crippen LogP) is 1.02. The summed E-state index contributed by atoms with van der Waals surface area (Å²) in [6, 6.07) is 6.78. The predicted molar refractivity (Wildman–Crippen MR) is 110 cm³/mol. The van der Waals surface area contributed by atoms with Gasteiger partial charge in [-0.1, -0.05) is 17.7 Å². The molecule has 1 heterocycles. The van der Waals surface area contributed by atoms with Gasteiger partial charge in [-0.05, 0) is 38.8 Å². The molecule has 2 rings (SSSR count). The van der Waals surface area contributed by atoms with Crippen molar-refractivity contribution in [3.05, 3.63) is 29.8 Å². The Bertz CT molecular complexity index is 701. The molecular formula is C19H32N4O4S. The summed E-state index contributed by atoms with van der Waals surface area (Å²) in [6.07, 6.45) is 2.01. The Morgan fingerprint density at radius 1 is 1.25 bits per heavy atom. The summed E-state index contributed by atoms with van der Waals surface area (Å²) >= 11 is 0. The van der Waals surface area contributed by atoms with E-state index >= 15 is 0 Å². The Kier molecular flexibility index (Phi) is 9.69. The molecule has 158 valence electrons. The van der Waals surface area contributed by atoms with Crippen LogP contribution in [0.25, 0.3) is 0 Å². The molecule has 3 N–H and O–H groups in total. The number of benzene rings is 1. The van der Waals surface area contributed by atoms with Gasteiger partial charge in [-0.25, -0.2) is 13.1 Å². The second kappa shape index (κ2) is 12.0. The van der Waals surface area contributed by atoms with Crippen LogP contribution in [0.1, 0.15) is 25.3 Å². The Morgan fingerprint density at radius 2 is 2.04 bits per heavy atom. The molecule has 0 bridgehead atoms. The zero-order valence-electron chi connectivity index (χ0n) is 16.7.